The van der Waals surface area contributed by atoms with Crippen molar-refractivity contribution in [3.8, 4) is 11.5 Å². The number of hydrogen-bond donors (Lipinski definition) is 4. The molecule has 0 aliphatic heterocycles. The summed E-state index contributed by atoms with van der Waals surface area (Å²) in [5.41, 5.74) is 0.242. The average Bonchev–Trinajstić information content (AvgIpc) is 2.74. The van der Waals surface area contributed by atoms with Gasteiger partial charge in [0.2, 0.25) is 5.91 Å². The molecule has 0 fully saturated rings. The quantitative estimate of drug-likeness (QED) is 0.345. The second-order valence-corrected chi connectivity index (χ2v) is 6.41. The Bertz CT molecular complexity index is 962. The Morgan fingerprint density at radius 1 is 0.968 bits per heavy atom. The van der Waals surface area contributed by atoms with Gasteiger partial charge in [-0.15, -0.1) is 0 Å². The van der Waals surface area contributed by atoms with Crippen molar-refractivity contribution >= 4 is 35.7 Å². The van der Waals surface area contributed by atoms with Gasteiger partial charge in [0.05, 0.1) is 18.2 Å². The third kappa shape index (κ3) is 7.28. The standard InChI is InChI=1S/C21H21N3O7/c1-13(19(28)23-14(12-25)11-18(26)27)22-20(29)21(30)24-16-9-5-6-10-17(16)31-15-7-3-2-4-8-15/h2-10,12-14H,11H2,1H3,(H,22,29)(H,23,28)(H,24,30)(H,26,27)/t13?,14-/m0/s1. The molecule has 10 nitrogen and oxygen atoms in total. The van der Waals surface area contributed by atoms with Crippen molar-refractivity contribution in [2.75, 3.05) is 5.32 Å². The number of anilines is 1. The van der Waals surface area contributed by atoms with E-state index in [0.29, 0.717) is 11.5 Å². The van der Waals surface area contributed by atoms with Gasteiger partial charge in [0.1, 0.15) is 18.1 Å². The van der Waals surface area contributed by atoms with Gasteiger partial charge in [-0.25, -0.2) is 0 Å². The summed E-state index contributed by atoms with van der Waals surface area (Å²) in [5.74, 6) is -3.38. The van der Waals surface area contributed by atoms with Crippen molar-refractivity contribution in [3.05, 3.63) is 54.6 Å². The predicted molar refractivity (Wildman–Crippen MR) is 109 cm³/mol. The van der Waals surface area contributed by atoms with E-state index in [1.54, 1.807) is 48.5 Å². The lowest BCUT2D eigenvalue weighted by molar-refractivity contribution is -0.139. The van der Waals surface area contributed by atoms with Gasteiger partial charge in [-0.2, -0.15) is 0 Å². The van der Waals surface area contributed by atoms with Crippen LogP contribution in [0.2, 0.25) is 0 Å². The van der Waals surface area contributed by atoms with Gasteiger partial charge >= 0.3 is 17.8 Å². The van der Waals surface area contributed by atoms with Gasteiger partial charge in [0.15, 0.2) is 5.75 Å². The number of rotatable bonds is 9. The first kappa shape index (κ1) is 23.1. The number of amides is 3. The molecular formula is C21H21N3O7. The lowest BCUT2D eigenvalue weighted by Crippen LogP contribution is -2.51. The zero-order valence-corrected chi connectivity index (χ0v) is 16.5. The zero-order chi connectivity index (χ0) is 22.8. The van der Waals surface area contributed by atoms with Crippen molar-refractivity contribution in [2.24, 2.45) is 0 Å². The molecule has 0 aliphatic carbocycles. The van der Waals surface area contributed by atoms with Crippen LogP contribution >= 0.6 is 0 Å². The van der Waals surface area contributed by atoms with E-state index in [1.807, 2.05) is 6.07 Å². The van der Waals surface area contributed by atoms with Crippen LogP contribution in [0.15, 0.2) is 54.6 Å². The first-order valence-corrected chi connectivity index (χ1v) is 9.21. The minimum absolute atomic E-state index is 0.242. The molecule has 10 heteroatoms. The maximum Gasteiger partial charge on any atom is 0.313 e. The maximum absolute atomic E-state index is 12.3. The lowest BCUT2D eigenvalue weighted by Gasteiger charge is -2.17. The number of hydrogen-bond acceptors (Lipinski definition) is 6. The summed E-state index contributed by atoms with van der Waals surface area (Å²) in [5, 5.41) is 15.5. The van der Waals surface area contributed by atoms with E-state index < -0.39 is 42.2 Å². The SMILES string of the molecule is CC(NC(=O)C(=O)Nc1ccccc1Oc1ccccc1)C(=O)N[C@H](C=O)CC(=O)O. The molecule has 0 heterocycles. The molecule has 2 atom stereocenters. The smallest absolute Gasteiger partial charge is 0.313 e. The predicted octanol–water partition coefficient (Wildman–Crippen LogP) is 1.08. The summed E-state index contributed by atoms with van der Waals surface area (Å²) in [6.45, 7) is 1.29. The van der Waals surface area contributed by atoms with Crippen LogP contribution in [0.3, 0.4) is 0 Å². The highest BCUT2D eigenvalue weighted by Crippen LogP contribution is 2.28. The van der Waals surface area contributed by atoms with Gasteiger partial charge in [0, 0.05) is 0 Å². The normalized spacial score (nSPS) is 12.0. The fourth-order valence-electron chi connectivity index (χ4n) is 2.41. The molecular weight excluding hydrogens is 406 g/mol. The number of ether oxygens (including phenoxy) is 1. The molecule has 0 aromatic heterocycles. The molecule has 0 saturated carbocycles. The number of carbonyl (C=O) groups is 5. The average molecular weight is 427 g/mol. The maximum atomic E-state index is 12.3. The van der Waals surface area contributed by atoms with Crippen molar-refractivity contribution in [3.63, 3.8) is 0 Å². The molecule has 0 radical (unpaired) electrons. The zero-order valence-electron chi connectivity index (χ0n) is 16.5. The third-order valence-electron chi connectivity index (χ3n) is 3.94. The largest absolute Gasteiger partial charge is 0.481 e. The van der Waals surface area contributed by atoms with E-state index in [2.05, 4.69) is 16.0 Å². The lowest BCUT2D eigenvalue weighted by atomic mass is 10.2. The van der Waals surface area contributed by atoms with Crippen LogP contribution in [-0.2, 0) is 24.0 Å². The van der Waals surface area contributed by atoms with E-state index in [1.165, 1.54) is 6.92 Å². The summed E-state index contributed by atoms with van der Waals surface area (Å²) in [7, 11) is 0. The highest BCUT2D eigenvalue weighted by Gasteiger charge is 2.24. The van der Waals surface area contributed by atoms with E-state index in [4.69, 9.17) is 9.84 Å². The highest BCUT2D eigenvalue weighted by atomic mass is 16.5. The first-order valence-electron chi connectivity index (χ1n) is 9.21. The topological polar surface area (TPSA) is 151 Å². The third-order valence-corrected chi connectivity index (χ3v) is 3.94. The summed E-state index contributed by atoms with van der Waals surface area (Å²) >= 11 is 0. The molecule has 2 aromatic rings. The number of carboxylic acid groups (broad SMARTS) is 1. The van der Waals surface area contributed by atoms with E-state index in [0.717, 1.165) is 0 Å². The Hall–Kier alpha value is -4.21. The Morgan fingerprint density at radius 2 is 1.61 bits per heavy atom. The summed E-state index contributed by atoms with van der Waals surface area (Å²) in [6, 6.07) is 12.9. The fourth-order valence-corrected chi connectivity index (χ4v) is 2.41. The van der Waals surface area contributed by atoms with Gasteiger partial charge < -0.3 is 30.6 Å². The summed E-state index contributed by atoms with van der Waals surface area (Å²) < 4.78 is 5.71. The highest BCUT2D eigenvalue weighted by molar-refractivity contribution is 6.40. The molecule has 0 saturated heterocycles. The first-order chi connectivity index (χ1) is 14.8. The molecule has 1 unspecified atom stereocenters. The Kier molecular flexibility index (Phi) is 8.26. The van der Waals surface area contributed by atoms with Gasteiger partial charge in [-0.1, -0.05) is 30.3 Å². The van der Waals surface area contributed by atoms with Crippen LogP contribution in [-0.4, -0.2) is 47.2 Å². The number of nitrogens with one attached hydrogen (secondary N) is 3. The van der Waals surface area contributed by atoms with E-state index >= 15 is 0 Å². The Balaban J connectivity index is 1.97. The Morgan fingerprint density at radius 3 is 2.26 bits per heavy atom. The van der Waals surface area contributed by atoms with E-state index in [9.17, 15) is 24.0 Å². The number of carboxylic acids is 1. The second-order valence-electron chi connectivity index (χ2n) is 6.41. The van der Waals surface area contributed by atoms with Crippen LogP contribution in [0.5, 0.6) is 11.5 Å². The molecule has 31 heavy (non-hydrogen) atoms. The molecule has 3 amide bonds. The van der Waals surface area contributed by atoms with Gasteiger partial charge in [0.25, 0.3) is 0 Å². The summed E-state index contributed by atoms with van der Waals surface area (Å²) in [4.78, 5) is 58.0. The van der Waals surface area contributed by atoms with Crippen molar-refractivity contribution in [1.82, 2.24) is 10.6 Å². The Labute approximate surface area is 177 Å². The summed E-state index contributed by atoms with van der Waals surface area (Å²) in [6.07, 6.45) is -0.328. The molecule has 4 N–H and O–H groups in total. The number of carbonyl (C=O) groups excluding carboxylic acids is 4. The van der Waals surface area contributed by atoms with Crippen molar-refractivity contribution in [2.45, 2.75) is 25.4 Å². The number of para-hydroxylation sites is 3. The van der Waals surface area contributed by atoms with Gasteiger partial charge in [-0.3, -0.25) is 19.2 Å². The van der Waals surface area contributed by atoms with Crippen molar-refractivity contribution in [1.29, 1.82) is 0 Å². The van der Waals surface area contributed by atoms with Crippen molar-refractivity contribution < 1.29 is 33.8 Å². The van der Waals surface area contributed by atoms with Crippen LogP contribution in [0.25, 0.3) is 0 Å². The van der Waals surface area contributed by atoms with Crippen LogP contribution in [0.4, 0.5) is 5.69 Å². The van der Waals surface area contributed by atoms with Crippen LogP contribution < -0.4 is 20.7 Å². The molecule has 2 aromatic carbocycles. The molecule has 2 rings (SSSR count). The molecule has 0 aliphatic rings. The molecule has 0 spiro atoms. The molecule has 162 valence electrons. The minimum Gasteiger partial charge on any atom is -0.481 e. The molecule has 0 bridgehead atoms. The number of aliphatic carboxylic acids is 1. The fraction of sp³-hybridized carbons (Fsp3) is 0.190. The number of benzene rings is 2. The van der Waals surface area contributed by atoms with Crippen LogP contribution in [0.1, 0.15) is 13.3 Å². The van der Waals surface area contributed by atoms with Gasteiger partial charge in [-0.05, 0) is 31.2 Å². The van der Waals surface area contributed by atoms with E-state index in [-0.39, 0.29) is 12.0 Å². The van der Waals surface area contributed by atoms with Crippen LogP contribution in [0, 0.1) is 0 Å². The monoisotopic (exact) mass is 427 g/mol. The minimum atomic E-state index is -1.27. The second kappa shape index (κ2) is 11.1. The number of aldehydes is 1.